The molecule has 2 rings (SSSR count). The fourth-order valence-corrected chi connectivity index (χ4v) is 4.46. The van der Waals surface area contributed by atoms with Crippen LogP contribution in [0, 0.1) is 0 Å². The SMILES string of the molecule is CNCc1ccc(S(=O)(=O)NCC2(SC)CCC2)cc1. The van der Waals surface area contributed by atoms with E-state index in [-0.39, 0.29) is 4.75 Å². The maximum atomic E-state index is 12.3. The summed E-state index contributed by atoms with van der Waals surface area (Å²) in [4.78, 5) is 0.341. The highest BCUT2D eigenvalue weighted by Crippen LogP contribution is 2.42. The molecule has 0 radical (unpaired) electrons. The van der Waals surface area contributed by atoms with Gasteiger partial charge in [0, 0.05) is 17.8 Å². The van der Waals surface area contributed by atoms with Gasteiger partial charge < -0.3 is 5.32 Å². The summed E-state index contributed by atoms with van der Waals surface area (Å²) in [6.45, 7) is 1.26. The first-order chi connectivity index (χ1) is 9.51. The Labute approximate surface area is 125 Å². The van der Waals surface area contributed by atoms with Gasteiger partial charge in [-0.3, -0.25) is 0 Å². The van der Waals surface area contributed by atoms with Crippen LogP contribution in [0.5, 0.6) is 0 Å². The number of sulfonamides is 1. The molecule has 6 heteroatoms. The number of thioether (sulfide) groups is 1. The third kappa shape index (κ3) is 3.55. The molecule has 0 aromatic heterocycles. The van der Waals surface area contributed by atoms with Crippen molar-refractivity contribution < 1.29 is 8.42 Å². The van der Waals surface area contributed by atoms with Crippen molar-refractivity contribution in [3.8, 4) is 0 Å². The van der Waals surface area contributed by atoms with Crippen LogP contribution in [0.15, 0.2) is 29.2 Å². The molecule has 0 heterocycles. The quantitative estimate of drug-likeness (QED) is 0.808. The minimum atomic E-state index is -3.40. The van der Waals surface area contributed by atoms with E-state index < -0.39 is 10.0 Å². The first-order valence-electron chi connectivity index (χ1n) is 6.80. The monoisotopic (exact) mass is 314 g/mol. The molecule has 1 saturated carbocycles. The van der Waals surface area contributed by atoms with Crippen molar-refractivity contribution in [1.82, 2.24) is 10.0 Å². The van der Waals surface area contributed by atoms with Gasteiger partial charge in [-0.15, -0.1) is 0 Å². The second kappa shape index (κ2) is 6.47. The summed E-state index contributed by atoms with van der Waals surface area (Å²) in [5, 5.41) is 3.04. The van der Waals surface area contributed by atoms with Crippen LogP contribution in [-0.2, 0) is 16.6 Å². The molecule has 4 nitrogen and oxygen atoms in total. The summed E-state index contributed by atoms with van der Waals surface area (Å²) in [5.41, 5.74) is 1.08. The Morgan fingerprint density at radius 3 is 2.35 bits per heavy atom. The molecule has 0 bridgehead atoms. The summed E-state index contributed by atoms with van der Waals surface area (Å²) in [6, 6.07) is 7.03. The summed E-state index contributed by atoms with van der Waals surface area (Å²) in [6.07, 6.45) is 5.44. The standard InChI is InChI=1S/C14H22N2O2S2/c1-15-10-12-4-6-13(7-5-12)20(17,18)16-11-14(19-2)8-3-9-14/h4-7,15-16H,3,8-11H2,1-2H3. The molecular formula is C14H22N2O2S2. The van der Waals surface area contributed by atoms with E-state index in [1.165, 1.54) is 6.42 Å². The summed E-state index contributed by atoms with van der Waals surface area (Å²) in [7, 11) is -1.53. The molecule has 1 aromatic rings. The van der Waals surface area contributed by atoms with Crippen molar-refractivity contribution in [2.24, 2.45) is 0 Å². The molecular weight excluding hydrogens is 292 g/mol. The van der Waals surface area contributed by atoms with Crippen LogP contribution >= 0.6 is 11.8 Å². The van der Waals surface area contributed by atoms with Crippen molar-refractivity contribution in [1.29, 1.82) is 0 Å². The zero-order valence-corrected chi connectivity index (χ0v) is 13.6. The molecule has 0 atom stereocenters. The molecule has 112 valence electrons. The maximum absolute atomic E-state index is 12.3. The lowest BCUT2D eigenvalue weighted by atomic mass is 9.84. The van der Waals surface area contributed by atoms with Crippen LogP contribution in [0.25, 0.3) is 0 Å². The molecule has 0 saturated heterocycles. The second-order valence-corrected chi connectivity index (χ2v) is 8.28. The van der Waals surface area contributed by atoms with Gasteiger partial charge in [0.2, 0.25) is 10.0 Å². The van der Waals surface area contributed by atoms with Gasteiger partial charge in [0.25, 0.3) is 0 Å². The van der Waals surface area contributed by atoms with E-state index in [1.807, 2.05) is 19.2 Å². The minimum absolute atomic E-state index is 0.110. The lowest BCUT2D eigenvalue weighted by Crippen LogP contribution is -2.45. The van der Waals surface area contributed by atoms with Gasteiger partial charge in [0.15, 0.2) is 0 Å². The Balaban J connectivity index is 2.02. The molecule has 0 unspecified atom stereocenters. The van der Waals surface area contributed by atoms with Gasteiger partial charge >= 0.3 is 0 Å². The average molecular weight is 314 g/mol. The van der Waals surface area contributed by atoms with E-state index in [9.17, 15) is 8.42 Å². The maximum Gasteiger partial charge on any atom is 0.240 e. The van der Waals surface area contributed by atoms with Gasteiger partial charge in [-0.2, -0.15) is 11.8 Å². The van der Waals surface area contributed by atoms with Crippen LogP contribution in [-0.4, -0.2) is 33.0 Å². The van der Waals surface area contributed by atoms with Crippen LogP contribution < -0.4 is 10.0 Å². The van der Waals surface area contributed by atoms with Gasteiger partial charge in [0.05, 0.1) is 4.90 Å². The zero-order chi connectivity index (χ0) is 14.6. The number of benzene rings is 1. The predicted molar refractivity (Wildman–Crippen MR) is 84.5 cm³/mol. The van der Waals surface area contributed by atoms with E-state index in [0.717, 1.165) is 24.9 Å². The minimum Gasteiger partial charge on any atom is -0.316 e. The van der Waals surface area contributed by atoms with Crippen molar-refractivity contribution in [2.45, 2.75) is 35.4 Å². The molecule has 1 aliphatic rings. The molecule has 0 amide bonds. The molecule has 1 aliphatic carbocycles. The Kier molecular flexibility index (Phi) is 5.12. The van der Waals surface area contributed by atoms with Crippen LogP contribution in [0.2, 0.25) is 0 Å². The lowest BCUT2D eigenvalue weighted by Gasteiger charge is -2.40. The first-order valence-corrected chi connectivity index (χ1v) is 9.50. The highest BCUT2D eigenvalue weighted by molar-refractivity contribution is 8.00. The highest BCUT2D eigenvalue weighted by atomic mass is 32.2. The van der Waals surface area contributed by atoms with E-state index in [1.54, 1.807) is 23.9 Å². The third-order valence-corrected chi connectivity index (χ3v) is 6.73. The Hall–Kier alpha value is -0.560. The lowest BCUT2D eigenvalue weighted by molar-refractivity contribution is 0.362. The molecule has 0 aliphatic heterocycles. The van der Waals surface area contributed by atoms with Gasteiger partial charge in [-0.1, -0.05) is 18.6 Å². The van der Waals surface area contributed by atoms with E-state index in [0.29, 0.717) is 11.4 Å². The van der Waals surface area contributed by atoms with Crippen molar-refractivity contribution in [3.05, 3.63) is 29.8 Å². The van der Waals surface area contributed by atoms with E-state index in [4.69, 9.17) is 0 Å². The largest absolute Gasteiger partial charge is 0.316 e. The summed E-state index contributed by atoms with van der Waals surface area (Å²) >= 11 is 1.77. The number of nitrogens with one attached hydrogen (secondary N) is 2. The molecule has 0 spiro atoms. The summed E-state index contributed by atoms with van der Waals surface area (Å²) in [5.74, 6) is 0. The third-order valence-electron chi connectivity index (χ3n) is 3.90. The van der Waals surface area contributed by atoms with Crippen molar-refractivity contribution >= 4 is 21.8 Å². The summed E-state index contributed by atoms with van der Waals surface area (Å²) < 4.78 is 27.4. The molecule has 1 aromatic carbocycles. The molecule has 1 fully saturated rings. The number of hydrogen-bond acceptors (Lipinski definition) is 4. The van der Waals surface area contributed by atoms with Crippen molar-refractivity contribution in [3.63, 3.8) is 0 Å². The van der Waals surface area contributed by atoms with Gasteiger partial charge in [-0.25, -0.2) is 13.1 Å². The zero-order valence-electron chi connectivity index (χ0n) is 12.0. The number of rotatable bonds is 7. The molecule has 2 N–H and O–H groups in total. The van der Waals surface area contributed by atoms with Crippen molar-refractivity contribution in [2.75, 3.05) is 19.8 Å². The Morgan fingerprint density at radius 1 is 1.25 bits per heavy atom. The fraction of sp³-hybridized carbons (Fsp3) is 0.571. The van der Waals surface area contributed by atoms with Gasteiger partial charge in [-0.05, 0) is 43.8 Å². The Bertz CT molecular complexity index is 531. The smallest absolute Gasteiger partial charge is 0.240 e. The van der Waals surface area contributed by atoms with E-state index in [2.05, 4.69) is 16.3 Å². The second-order valence-electron chi connectivity index (χ2n) is 5.24. The highest BCUT2D eigenvalue weighted by Gasteiger charge is 2.37. The average Bonchev–Trinajstić information content (AvgIpc) is 2.39. The normalized spacial score (nSPS) is 17.7. The predicted octanol–water partition coefficient (Wildman–Crippen LogP) is 1.97. The fourth-order valence-electron chi connectivity index (χ4n) is 2.32. The topological polar surface area (TPSA) is 58.2 Å². The van der Waals surface area contributed by atoms with Gasteiger partial charge in [0.1, 0.15) is 0 Å². The van der Waals surface area contributed by atoms with Crippen LogP contribution in [0.1, 0.15) is 24.8 Å². The first kappa shape index (κ1) is 15.8. The van der Waals surface area contributed by atoms with E-state index >= 15 is 0 Å². The van der Waals surface area contributed by atoms with Crippen LogP contribution in [0.3, 0.4) is 0 Å². The van der Waals surface area contributed by atoms with Crippen LogP contribution in [0.4, 0.5) is 0 Å². The number of hydrogen-bond donors (Lipinski definition) is 2. The molecule has 20 heavy (non-hydrogen) atoms. The Morgan fingerprint density at radius 2 is 1.90 bits per heavy atom.